The lowest BCUT2D eigenvalue weighted by atomic mass is 9.85. The van der Waals surface area contributed by atoms with E-state index in [-0.39, 0.29) is 5.41 Å². The van der Waals surface area contributed by atoms with Gasteiger partial charge in [-0.05, 0) is 37.1 Å². The summed E-state index contributed by atoms with van der Waals surface area (Å²) in [7, 11) is 0. The number of carbonyl (C=O) groups is 2. The van der Waals surface area contributed by atoms with E-state index in [0.717, 1.165) is 30.8 Å². The predicted octanol–water partition coefficient (Wildman–Crippen LogP) is 3.97. The van der Waals surface area contributed by atoms with Crippen molar-refractivity contribution in [2.75, 3.05) is 24.6 Å². The second kappa shape index (κ2) is 9.35. The topological polar surface area (TPSA) is 68.2 Å². The van der Waals surface area contributed by atoms with Crippen LogP contribution in [-0.4, -0.2) is 37.3 Å². The Labute approximate surface area is 166 Å². The molecule has 0 amide bonds. The molecule has 6 nitrogen and oxygen atoms in total. The molecule has 0 N–H and O–H groups in total. The summed E-state index contributed by atoms with van der Waals surface area (Å²) in [5, 5.41) is 3.93. The van der Waals surface area contributed by atoms with Crippen LogP contribution in [0.5, 0.6) is 0 Å². The fraction of sp³-hybridized carbons (Fsp3) is 0.409. The highest BCUT2D eigenvalue weighted by molar-refractivity contribution is 6.26. The minimum Gasteiger partial charge on any atom is -0.462 e. The van der Waals surface area contributed by atoms with Gasteiger partial charge in [0, 0.05) is 30.3 Å². The van der Waals surface area contributed by atoms with Crippen LogP contribution in [-0.2, 0) is 19.2 Å². The van der Waals surface area contributed by atoms with Crippen LogP contribution in [0.15, 0.2) is 47.6 Å². The van der Waals surface area contributed by atoms with Crippen LogP contribution in [0.2, 0.25) is 0 Å². The third-order valence-corrected chi connectivity index (χ3v) is 4.34. The largest absolute Gasteiger partial charge is 0.462 e. The molecule has 6 heteroatoms. The maximum atomic E-state index is 12.0. The second-order valence-electron chi connectivity index (χ2n) is 7.52. The molecule has 150 valence electrons. The smallest absolute Gasteiger partial charge is 0.367 e. The van der Waals surface area contributed by atoms with E-state index in [1.54, 1.807) is 0 Å². The molecule has 0 bridgehead atoms. The number of nitrogens with zero attached hydrogens (tertiary/aromatic N) is 2. The minimum absolute atomic E-state index is 0.272. The van der Waals surface area contributed by atoms with Crippen LogP contribution in [0.4, 0.5) is 5.69 Å². The molecule has 0 saturated carbocycles. The molecule has 1 heterocycles. The summed E-state index contributed by atoms with van der Waals surface area (Å²) in [6, 6.07) is 7.96. The molecule has 0 spiro atoms. The number of hydrogen-bond donors (Lipinski definition) is 0. The van der Waals surface area contributed by atoms with Gasteiger partial charge in [0.25, 0.3) is 0 Å². The van der Waals surface area contributed by atoms with Crippen molar-refractivity contribution in [3.05, 3.63) is 48.1 Å². The SMILES string of the molecule is C=CC(=O)OCCCN(CC)c1ccc(C=C2C(=O)ON=C2C(C)(C)C)cc1. The van der Waals surface area contributed by atoms with Crippen LogP contribution >= 0.6 is 0 Å². The highest BCUT2D eigenvalue weighted by Gasteiger charge is 2.33. The van der Waals surface area contributed by atoms with Gasteiger partial charge in [-0.25, -0.2) is 9.59 Å². The van der Waals surface area contributed by atoms with E-state index in [9.17, 15) is 9.59 Å². The van der Waals surface area contributed by atoms with Crippen molar-refractivity contribution in [1.29, 1.82) is 0 Å². The van der Waals surface area contributed by atoms with Gasteiger partial charge in [-0.1, -0.05) is 44.6 Å². The first-order chi connectivity index (χ1) is 13.3. The molecule has 0 radical (unpaired) electrons. The molecule has 1 aliphatic heterocycles. The van der Waals surface area contributed by atoms with Gasteiger partial charge in [0.2, 0.25) is 0 Å². The molecule has 0 aliphatic carbocycles. The van der Waals surface area contributed by atoms with E-state index in [2.05, 4.69) is 23.6 Å². The fourth-order valence-corrected chi connectivity index (χ4v) is 2.86. The summed E-state index contributed by atoms with van der Waals surface area (Å²) in [5.41, 5.74) is 2.86. The van der Waals surface area contributed by atoms with E-state index in [1.807, 2.05) is 51.1 Å². The van der Waals surface area contributed by atoms with Crippen LogP contribution < -0.4 is 4.90 Å². The summed E-state index contributed by atoms with van der Waals surface area (Å²) in [6.07, 6.45) is 3.71. The average molecular weight is 384 g/mol. The van der Waals surface area contributed by atoms with Gasteiger partial charge in [0.05, 0.1) is 12.2 Å². The zero-order valence-corrected chi connectivity index (χ0v) is 17.0. The van der Waals surface area contributed by atoms with Gasteiger partial charge in [-0.3, -0.25) is 0 Å². The Kier molecular flexibility index (Phi) is 7.15. The van der Waals surface area contributed by atoms with Crippen molar-refractivity contribution in [3.63, 3.8) is 0 Å². The number of benzene rings is 1. The molecule has 0 unspecified atom stereocenters. The van der Waals surface area contributed by atoms with Crippen molar-refractivity contribution < 1.29 is 19.2 Å². The van der Waals surface area contributed by atoms with Crippen LogP contribution in [0, 0.1) is 5.41 Å². The van der Waals surface area contributed by atoms with Crippen molar-refractivity contribution in [2.45, 2.75) is 34.1 Å². The van der Waals surface area contributed by atoms with Crippen LogP contribution in [0.3, 0.4) is 0 Å². The number of esters is 1. The standard InChI is InChI=1S/C22H28N2O4/c1-6-19(25)27-14-8-13-24(7-2)17-11-9-16(10-12-17)15-18-20(22(3,4)5)23-28-21(18)26/h6,9-12,15H,1,7-8,13-14H2,2-5H3. The first-order valence-corrected chi connectivity index (χ1v) is 9.42. The Hall–Kier alpha value is -2.89. The van der Waals surface area contributed by atoms with Gasteiger partial charge in [-0.15, -0.1) is 0 Å². The zero-order valence-electron chi connectivity index (χ0n) is 17.0. The maximum Gasteiger partial charge on any atom is 0.367 e. The maximum absolute atomic E-state index is 12.0. The lowest BCUT2D eigenvalue weighted by Crippen LogP contribution is -2.25. The van der Waals surface area contributed by atoms with E-state index in [1.165, 1.54) is 6.08 Å². The molecule has 1 aromatic carbocycles. The summed E-state index contributed by atoms with van der Waals surface area (Å²) in [4.78, 5) is 30.2. The molecule has 0 saturated heterocycles. The van der Waals surface area contributed by atoms with Gasteiger partial charge in [0.1, 0.15) is 5.71 Å². The normalized spacial score (nSPS) is 15.2. The van der Waals surface area contributed by atoms with Crippen LogP contribution in [0.25, 0.3) is 6.08 Å². The molecule has 28 heavy (non-hydrogen) atoms. The van der Waals surface area contributed by atoms with Gasteiger partial charge in [0.15, 0.2) is 0 Å². The molecule has 0 fully saturated rings. The molecular weight excluding hydrogens is 356 g/mol. The van der Waals surface area contributed by atoms with Crippen molar-refractivity contribution >= 4 is 29.4 Å². The Morgan fingerprint density at radius 1 is 1.29 bits per heavy atom. The number of oxime groups is 1. The quantitative estimate of drug-likeness (QED) is 0.294. The van der Waals surface area contributed by atoms with E-state index < -0.39 is 11.9 Å². The molecule has 2 rings (SSSR count). The summed E-state index contributed by atoms with van der Waals surface area (Å²) in [5.74, 6) is -0.817. The predicted molar refractivity (Wildman–Crippen MR) is 111 cm³/mol. The first kappa shape index (κ1) is 21.4. The summed E-state index contributed by atoms with van der Waals surface area (Å²) in [6.45, 7) is 13.4. The van der Waals surface area contributed by atoms with Gasteiger partial charge < -0.3 is 14.5 Å². The Bertz CT molecular complexity index is 786. The number of hydrogen-bond acceptors (Lipinski definition) is 6. The molecule has 1 aliphatic rings. The zero-order chi connectivity index (χ0) is 20.7. The van der Waals surface area contributed by atoms with E-state index >= 15 is 0 Å². The number of carbonyl (C=O) groups excluding carboxylic acids is 2. The summed E-state index contributed by atoms with van der Waals surface area (Å²) < 4.78 is 5.02. The molecule has 1 aromatic rings. The van der Waals surface area contributed by atoms with Crippen molar-refractivity contribution in [3.8, 4) is 0 Å². The Morgan fingerprint density at radius 2 is 1.96 bits per heavy atom. The fourth-order valence-electron chi connectivity index (χ4n) is 2.86. The number of rotatable bonds is 8. The van der Waals surface area contributed by atoms with E-state index in [0.29, 0.717) is 17.9 Å². The third kappa shape index (κ3) is 5.55. The molecule has 0 atom stereocenters. The summed E-state index contributed by atoms with van der Waals surface area (Å²) >= 11 is 0. The Morgan fingerprint density at radius 3 is 2.54 bits per heavy atom. The van der Waals surface area contributed by atoms with Crippen molar-refractivity contribution in [2.24, 2.45) is 10.6 Å². The Balaban J connectivity index is 2.05. The van der Waals surface area contributed by atoms with Crippen molar-refractivity contribution in [1.82, 2.24) is 0 Å². The highest BCUT2D eigenvalue weighted by atomic mass is 16.7. The van der Waals surface area contributed by atoms with Crippen LogP contribution in [0.1, 0.15) is 39.7 Å². The number of anilines is 1. The van der Waals surface area contributed by atoms with Gasteiger partial charge >= 0.3 is 11.9 Å². The van der Waals surface area contributed by atoms with Gasteiger partial charge in [-0.2, -0.15) is 0 Å². The first-order valence-electron chi connectivity index (χ1n) is 9.42. The second-order valence-corrected chi connectivity index (χ2v) is 7.52. The molecular formula is C22H28N2O4. The number of ether oxygens (including phenoxy) is 1. The minimum atomic E-state index is -0.418. The van der Waals surface area contributed by atoms with E-state index in [4.69, 9.17) is 9.57 Å². The third-order valence-electron chi connectivity index (χ3n) is 4.34. The monoisotopic (exact) mass is 384 g/mol. The average Bonchev–Trinajstić information content (AvgIpc) is 3.03. The highest BCUT2D eigenvalue weighted by Crippen LogP contribution is 2.28. The lowest BCUT2D eigenvalue weighted by molar-refractivity contribution is -0.138. The molecule has 0 aromatic heterocycles. The lowest BCUT2D eigenvalue weighted by Gasteiger charge is -2.23.